The molecule has 0 atom stereocenters. The van der Waals surface area contributed by atoms with E-state index in [9.17, 15) is 0 Å². The summed E-state index contributed by atoms with van der Waals surface area (Å²) in [6.07, 6.45) is 1.71. The fourth-order valence-corrected chi connectivity index (χ4v) is 2.61. The summed E-state index contributed by atoms with van der Waals surface area (Å²) in [6, 6.07) is 9.64. The topological polar surface area (TPSA) is 68.2 Å². The standard InChI is InChI=1S/C19H26N4O3/c1-20-19(22-12-14-7-6-10-21-18(14)26-5)23(2)13-15-8-9-16(24-3)11-17(15)25-4/h6-11H,12-13H2,1-5H3,(H,20,22). The van der Waals surface area contributed by atoms with Gasteiger partial charge in [0.1, 0.15) is 11.5 Å². The molecular formula is C19H26N4O3. The summed E-state index contributed by atoms with van der Waals surface area (Å²) in [5, 5.41) is 3.33. The van der Waals surface area contributed by atoms with Crippen molar-refractivity contribution in [3.63, 3.8) is 0 Å². The largest absolute Gasteiger partial charge is 0.497 e. The van der Waals surface area contributed by atoms with Crippen LogP contribution >= 0.6 is 0 Å². The molecule has 1 aromatic heterocycles. The fourth-order valence-electron chi connectivity index (χ4n) is 2.61. The normalized spacial score (nSPS) is 11.0. The first-order valence-electron chi connectivity index (χ1n) is 8.23. The molecule has 1 heterocycles. The molecule has 0 saturated heterocycles. The van der Waals surface area contributed by atoms with Gasteiger partial charge < -0.3 is 24.4 Å². The molecule has 1 N–H and O–H groups in total. The van der Waals surface area contributed by atoms with E-state index >= 15 is 0 Å². The number of pyridine rings is 1. The molecule has 0 saturated carbocycles. The number of nitrogens with zero attached hydrogens (tertiary/aromatic N) is 3. The van der Waals surface area contributed by atoms with Crippen LogP contribution in [0.1, 0.15) is 11.1 Å². The minimum absolute atomic E-state index is 0.563. The molecule has 2 rings (SSSR count). The Bertz CT molecular complexity index is 749. The maximum absolute atomic E-state index is 5.47. The third kappa shape index (κ3) is 4.78. The minimum atomic E-state index is 0.563. The first-order valence-corrected chi connectivity index (χ1v) is 8.23. The second-order valence-electron chi connectivity index (χ2n) is 5.61. The van der Waals surface area contributed by atoms with Gasteiger partial charge in [-0.15, -0.1) is 0 Å². The van der Waals surface area contributed by atoms with E-state index < -0.39 is 0 Å². The molecule has 140 valence electrons. The number of guanidine groups is 1. The lowest BCUT2D eigenvalue weighted by Gasteiger charge is -2.23. The number of aromatic nitrogens is 1. The summed E-state index contributed by atoms with van der Waals surface area (Å²) >= 11 is 0. The molecule has 0 unspecified atom stereocenters. The smallest absolute Gasteiger partial charge is 0.218 e. The van der Waals surface area contributed by atoms with Crippen molar-refractivity contribution in [2.45, 2.75) is 13.1 Å². The zero-order valence-corrected chi connectivity index (χ0v) is 15.9. The lowest BCUT2D eigenvalue weighted by Crippen LogP contribution is -2.38. The number of benzene rings is 1. The Morgan fingerprint density at radius 1 is 1.12 bits per heavy atom. The van der Waals surface area contributed by atoms with Crippen molar-refractivity contribution >= 4 is 5.96 Å². The predicted molar refractivity (Wildman–Crippen MR) is 102 cm³/mol. The van der Waals surface area contributed by atoms with E-state index in [1.807, 2.05) is 42.3 Å². The monoisotopic (exact) mass is 358 g/mol. The van der Waals surface area contributed by atoms with Crippen LogP contribution < -0.4 is 19.5 Å². The number of hydrogen-bond donors (Lipinski definition) is 1. The van der Waals surface area contributed by atoms with E-state index in [-0.39, 0.29) is 0 Å². The van der Waals surface area contributed by atoms with Crippen LogP contribution in [0.2, 0.25) is 0 Å². The van der Waals surface area contributed by atoms with Crippen molar-refractivity contribution in [2.24, 2.45) is 4.99 Å². The number of ether oxygens (including phenoxy) is 3. The Kier molecular flexibility index (Phi) is 7.08. The zero-order valence-electron chi connectivity index (χ0n) is 15.9. The van der Waals surface area contributed by atoms with Crippen LogP contribution in [0, 0.1) is 0 Å². The van der Waals surface area contributed by atoms with Crippen LogP contribution in [0.4, 0.5) is 0 Å². The van der Waals surface area contributed by atoms with E-state index in [0.717, 1.165) is 28.6 Å². The van der Waals surface area contributed by atoms with Crippen LogP contribution in [0.5, 0.6) is 17.4 Å². The highest BCUT2D eigenvalue weighted by Crippen LogP contribution is 2.25. The van der Waals surface area contributed by atoms with Gasteiger partial charge in [-0.05, 0) is 18.2 Å². The Labute approximate surface area is 154 Å². The fraction of sp³-hybridized carbons (Fsp3) is 0.368. The Hall–Kier alpha value is -2.96. The van der Waals surface area contributed by atoms with Crippen molar-refractivity contribution < 1.29 is 14.2 Å². The second-order valence-corrected chi connectivity index (χ2v) is 5.61. The Morgan fingerprint density at radius 2 is 1.92 bits per heavy atom. The van der Waals surface area contributed by atoms with Crippen molar-refractivity contribution in [3.8, 4) is 17.4 Å². The summed E-state index contributed by atoms with van der Waals surface area (Å²) in [5.41, 5.74) is 2.00. The SMILES string of the molecule is CN=C(NCc1cccnc1OC)N(C)Cc1ccc(OC)cc1OC. The van der Waals surface area contributed by atoms with E-state index in [2.05, 4.69) is 15.3 Å². The molecule has 0 radical (unpaired) electrons. The van der Waals surface area contributed by atoms with Crippen LogP contribution in [-0.4, -0.2) is 51.3 Å². The van der Waals surface area contributed by atoms with Gasteiger partial charge in [-0.25, -0.2) is 4.98 Å². The van der Waals surface area contributed by atoms with Crippen molar-refractivity contribution in [1.29, 1.82) is 0 Å². The van der Waals surface area contributed by atoms with Gasteiger partial charge in [0, 0.05) is 50.6 Å². The lowest BCUT2D eigenvalue weighted by atomic mass is 10.2. The number of aliphatic imine (C=N–C) groups is 1. The lowest BCUT2D eigenvalue weighted by molar-refractivity contribution is 0.382. The maximum Gasteiger partial charge on any atom is 0.218 e. The third-order valence-corrected chi connectivity index (χ3v) is 3.96. The number of rotatable bonds is 7. The second kappa shape index (κ2) is 9.50. The third-order valence-electron chi connectivity index (χ3n) is 3.96. The van der Waals surface area contributed by atoms with Gasteiger partial charge in [0.25, 0.3) is 0 Å². The molecule has 0 aliphatic rings. The van der Waals surface area contributed by atoms with Gasteiger partial charge in [-0.2, -0.15) is 0 Å². The van der Waals surface area contributed by atoms with Gasteiger partial charge in [0.15, 0.2) is 5.96 Å². The highest BCUT2D eigenvalue weighted by molar-refractivity contribution is 5.79. The molecule has 7 heteroatoms. The average molecular weight is 358 g/mol. The molecule has 0 fully saturated rings. The number of nitrogens with one attached hydrogen (secondary N) is 1. The van der Waals surface area contributed by atoms with E-state index in [1.165, 1.54) is 0 Å². The summed E-state index contributed by atoms with van der Waals surface area (Å²) in [4.78, 5) is 10.6. The highest BCUT2D eigenvalue weighted by Gasteiger charge is 2.12. The van der Waals surface area contributed by atoms with Crippen LogP contribution in [0.15, 0.2) is 41.5 Å². The molecule has 7 nitrogen and oxygen atoms in total. The predicted octanol–water partition coefficient (Wildman–Crippen LogP) is 2.31. The molecule has 0 spiro atoms. The number of hydrogen-bond acceptors (Lipinski definition) is 5. The van der Waals surface area contributed by atoms with Crippen LogP contribution in [0.3, 0.4) is 0 Å². The first kappa shape index (κ1) is 19.4. The van der Waals surface area contributed by atoms with Gasteiger partial charge in [-0.3, -0.25) is 4.99 Å². The van der Waals surface area contributed by atoms with Gasteiger partial charge in [-0.1, -0.05) is 6.07 Å². The summed E-state index contributed by atoms with van der Waals surface area (Å²) in [7, 11) is 8.63. The summed E-state index contributed by atoms with van der Waals surface area (Å²) < 4.78 is 16.0. The van der Waals surface area contributed by atoms with E-state index in [1.54, 1.807) is 34.6 Å². The van der Waals surface area contributed by atoms with Gasteiger partial charge in [0.2, 0.25) is 5.88 Å². The maximum atomic E-state index is 5.47. The summed E-state index contributed by atoms with van der Waals surface area (Å²) in [6.45, 7) is 1.20. The Morgan fingerprint density at radius 3 is 2.58 bits per heavy atom. The van der Waals surface area contributed by atoms with Crippen LogP contribution in [-0.2, 0) is 13.1 Å². The zero-order chi connectivity index (χ0) is 18.9. The Balaban J connectivity index is 2.06. The molecule has 26 heavy (non-hydrogen) atoms. The molecule has 0 amide bonds. The first-order chi connectivity index (χ1) is 12.6. The molecule has 0 bridgehead atoms. The molecule has 2 aromatic rings. The number of methoxy groups -OCH3 is 3. The van der Waals surface area contributed by atoms with Gasteiger partial charge in [0.05, 0.1) is 21.3 Å². The minimum Gasteiger partial charge on any atom is -0.497 e. The quantitative estimate of drug-likeness (QED) is 0.605. The van der Waals surface area contributed by atoms with Crippen molar-refractivity contribution in [1.82, 2.24) is 15.2 Å². The van der Waals surface area contributed by atoms with Crippen molar-refractivity contribution in [2.75, 3.05) is 35.4 Å². The van der Waals surface area contributed by atoms with E-state index in [4.69, 9.17) is 14.2 Å². The molecular weight excluding hydrogens is 332 g/mol. The summed E-state index contributed by atoms with van der Waals surface area (Å²) in [5.74, 6) is 2.91. The highest BCUT2D eigenvalue weighted by atomic mass is 16.5. The van der Waals surface area contributed by atoms with Crippen molar-refractivity contribution in [3.05, 3.63) is 47.7 Å². The van der Waals surface area contributed by atoms with E-state index in [0.29, 0.717) is 19.0 Å². The molecule has 0 aliphatic heterocycles. The van der Waals surface area contributed by atoms with Gasteiger partial charge >= 0.3 is 0 Å². The van der Waals surface area contributed by atoms with Crippen LogP contribution in [0.25, 0.3) is 0 Å². The molecule has 1 aromatic carbocycles. The average Bonchev–Trinajstić information content (AvgIpc) is 2.69. The molecule has 0 aliphatic carbocycles.